The van der Waals surface area contributed by atoms with E-state index in [1.807, 2.05) is 24.3 Å². The van der Waals surface area contributed by atoms with Gasteiger partial charge in [0.1, 0.15) is 5.52 Å². The zero-order chi connectivity index (χ0) is 11.0. The molecule has 3 rings (SSSR count). The summed E-state index contributed by atoms with van der Waals surface area (Å²) in [5, 5.41) is 0. The van der Waals surface area contributed by atoms with Crippen molar-refractivity contribution in [1.29, 1.82) is 0 Å². The number of fused-ring (bicyclic) bond motifs is 1. The van der Waals surface area contributed by atoms with E-state index < -0.39 is 0 Å². The van der Waals surface area contributed by atoms with Crippen molar-refractivity contribution in [3.05, 3.63) is 42.7 Å². The first-order valence-corrected chi connectivity index (χ1v) is 4.90. The zero-order valence-corrected chi connectivity index (χ0v) is 8.42. The minimum absolute atomic E-state index is 0.543. The van der Waals surface area contributed by atoms with E-state index in [1.165, 1.54) is 0 Å². The van der Waals surface area contributed by atoms with Gasteiger partial charge in [-0.2, -0.15) is 0 Å². The molecule has 0 aliphatic rings. The molecule has 0 bridgehead atoms. The van der Waals surface area contributed by atoms with Crippen molar-refractivity contribution in [2.45, 2.75) is 0 Å². The van der Waals surface area contributed by atoms with Crippen LogP contribution < -0.4 is 5.73 Å². The van der Waals surface area contributed by atoms with Gasteiger partial charge in [0, 0.05) is 12.4 Å². The fourth-order valence-corrected chi connectivity index (χ4v) is 1.58. The van der Waals surface area contributed by atoms with Crippen LogP contribution in [0.25, 0.3) is 22.6 Å². The summed E-state index contributed by atoms with van der Waals surface area (Å²) in [5.41, 5.74) is 8.67. The van der Waals surface area contributed by atoms with E-state index >= 15 is 0 Å². The molecule has 16 heavy (non-hydrogen) atoms. The number of pyridine rings is 1. The van der Waals surface area contributed by atoms with Crippen molar-refractivity contribution in [3.8, 4) is 11.5 Å². The molecule has 4 heteroatoms. The number of nitrogens with two attached hydrogens (primary N) is 1. The van der Waals surface area contributed by atoms with Gasteiger partial charge in [0.15, 0.2) is 5.58 Å². The summed E-state index contributed by atoms with van der Waals surface area (Å²) in [6, 6.07) is 9.23. The van der Waals surface area contributed by atoms with Crippen molar-refractivity contribution in [3.63, 3.8) is 0 Å². The van der Waals surface area contributed by atoms with Crippen LogP contribution in [0.1, 0.15) is 0 Å². The topological polar surface area (TPSA) is 64.9 Å². The van der Waals surface area contributed by atoms with E-state index in [4.69, 9.17) is 10.2 Å². The lowest BCUT2D eigenvalue weighted by Crippen LogP contribution is -1.85. The minimum atomic E-state index is 0.543. The number of para-hydroxylation sites is 1. The molecule has 4 nitrogen and oxygen atoms in total. The molecule has 0 saturated carbocycles. The van der Waals surface area contributed by atoms with Gasteiger partial charge in [0.05, 0.1) is 11.3 Å². The van der Waals surface area contributed by atoms with Gasteiger partial charge in [-0.3, -0.25) is 4.98 Å². The second-order valence-electron chi connectivity index (χ2n) is 3.45. The summed E-state index contributed by atoms with van der Waals surface area (Å²) in [6.07, 6.45) is 3.42. The fourth-order valence-electron chi connectivity index (χ4n) is 1.58. The molecule has 0 unspecified atom stereocenters. The first-order valence-electron chi connectivity index (χ1n) is 4.90. The van der Waals surface area contributed by atoms with Gasteiger partial charge in [-0.1, -0.05) is 6.07 Å². The Kier molecular flexibility index (Phi) is 1.86. The normalized spacial score (nSPS) is 10.8. The second kappa shape index (κ2) is 3.34. The third kappa shape index (κ3) is 1.32. The molecule has 78 valence electrons. The van der Waals surface area contributed by atoms with E-state index in [1.54, 1.807) is 18.5 Å². The highest BCUT2D eigenvalue weighted by Crippen LogP contribution is 2.26. The van der Waals surface area contributed by atoms with Crippen LogP contribution >= 0.6 is 0 Å². The number of benzene rings is 1. The first-order chi connectivity index (χ1) is 7.84. The predicted molar refractivity (Wildman–Crippen MR) is 61.7 cm³/mol. The molecule has 2 heterocycles. The van der Waals surface area contributed by atoms with Crippen LogP contribution in [-0.2, 0) is 0 Å². The average molecular weight is 211 g/mol. The number of nitrogen functional groups attached to an aromatic ring is 1. The number of rotatable bonds is 1. The van der Waals surface area contributed by atoms with E-state index in [0.29, 0.717) is 22.7 Å². The smallest absolute Gasteiger partial charge is 0.228 e. The largest absolute Gasteiger partial charge is 0.436 e. The maximum absolute atomic E-state index is 5.81. The molecule has 0 saturated heterocycles. The van der Waals surface area contributed by atoms with Gasteiger partial charge >= 0.3 is 0 Å². The molecule has 0 radical (unpaired) electrons. The average Bonchev–Trinajstić information content (AvgIpc) is 2.76. The Morgan fingerprint density at radius 1 is 1.12 bits per heavy atom. The number of nitrogens with zero attached hydrogens (tertiary/aromatic N) is 2. The van der Waals surface area contributed by atoms with E-state index in [0.717, 1.165) is 5.56 Å². The van der Waals surface area contributed by atoms with E-state index in [2.05, 4.69) is 9.97 Å². The first kappa shape index (κ1) is 8.91. The Morgan fingerprint density at radius 2 is 2.06 bits per heavy atom. The maximum atomic E-state index is 5.81. The summed E-state index contributed by atoms with van der Waals surface area (Å²) in [7, 11) is 0. The van der Waals surface area contributed by atoms with Crippen molar-refractivity contribution >= 4 is 16.8 Å². The molecule has 0 aliphatic carbocycles. The van der Waals surface area contributed by atoms with Crippen molar-refractivity contribution in [1.82, 2.24) is 9.97 Å². The van der Waals surface area contributed by atoms with Gasteiger partial charge in [0.2, 0.25) is 5.89 Å². The number of hydrogen-bond donors (Lipinski definition) is 1. The lowest BCUT2D eigenvalue weighted by molar-refractivity contribution is 0.619. The Labute approximate surface area is 91.7 Å². The van der Waals surface area contributed by atoms with Gasteiger partial charge < -0.3 is 10.2 Å². The Hall–Kier alpha value is -2.36. The highest BCUT2D eigenvalue weighted by Gasteiger charge is 2.09. The number of hydrogen-bond acceptors (Lipinski definition) is 4. The van der Waals surface area contributed by atoms with E-state index in [-0.39, 0.29) is 0 Å². The van der Waals surface area contributed by atoms with Crippen molar-refractivity contribution in [2.24, 2.45) is 0 Å². The van der Waals surface area contributed by atoms with Gasteiger partial charge in [0.25, 0.3) is 0 Å². The summed E-state index contributed by atoms with van der Waals surface area (Å²) < 4.78 is 5.60. The van der Waals surface area contributed by atoms with Crippen LogP contribution in [0.4, 0.5) is 5.69 Å². The summed E-state index contributed by atoms with van der Waals surface area (Å²) in [4.78, 5) is 8.37. The van der Waals surface area contributed by atoms with Crippen molar-refractivity contribution in [2.75, 3.05) is 5.73 Å². The minimum Gasteiger partial charge on any atom is -0.436 e. The van der Waals surface area contributed by atoms with Crippen molar-refractivity contribution < 1.29 is 4.42 Å². The second-order valence-corrected chi connectivity index (χ2v) is 3.45. The molecular formula is C12H9N3O. The maximum Gasteiger partial charge on any atom is 0.228 e. The fraction of sp³-hybridized carbons (Fsp3) is 0. The Bertz CT molecular complexity index is 631. The molecule has 0 atom stereocenters. The zero-order valence-electron chi connectivity index (χ0n) is 8.42. The van der Waals surface area contributed by atoms with Gasteiger partial charge in [-0.25, -0.2) is 4.98 Å². The predicted octanol–water partition coefficient (Wildman–Crippen LogP) is 2.47. The molecular weight excluding hydrogens is 202 g/mol. The summed E-state index contributed by atoms with van der Waals surface area (Å²) >= 11 is 0. The molecule has 0 spiro atoms. The lowest BCUT2D eigenvalue weighted by atomic mass is 10.3. The van der Waals surface area contributed by atoms with Crippen LogP contribution in [0.5, 0.6) is 0 Å². The lowest BCUT2D eigenvalue weighted by Gasteiger charge is -1.90. The Morgan fingerprint density at radius 3 is 2.81 bits per heavy atom. The number of anilines is 1. The van der Waals surface area contributed by atoms with Gasteiger partial charge in [-0.05, 0) is 24.3 Å². The van der Waals surface area contributed by atoms with Crippen LogP contribution in [0.3, 0.4) is 0 Å². The summed E-state index contributed by atoms with van der Waals surface area (Å²) in [6.45, 7) is 0. The third-order valence-corrected chi connectivity index (χ3v) is 2.36. The molecule has 2 aromatic heterocycles. The SMILES string of the molecule is Nc1cccc2oc(-c3cccnc3)nc12. The third-order valence-electron chi connectivity index (χ3n) is 2.36. The highest BCUT2D eigenvalue weighted by atomic mass is 16.3. The molecule has 3 aromatic rings. The molecule has 2 N–H and O–H groups in total. The molecule has 1 aromatic carbocycles. The molecule has 0 fully saturated rings. The van der Waals surface area contributed by atoms with Crippen LogP contribution in [0.15, 0.2) is 47.1 Å². The quantitative estimate of drug-likeness (QED) is 0.628. The molecule has 0 amide bonds. The number of oxazole rings is 1. The monoisotopic (exact) mass is 211 g/mol. The highest BCUT2D eigenvalue weighted by molar-refractivity contribution is 5.87. The van der Waals surface area contributed by atoms with Crippen LogP contribution in [0, 0.1) is 0 Å². The molecule has 0 aliphatic heterocycles. The Balaban J connectivity index is 2.23. The van der Waals surface area contributed by atoms with Crippen LogP contribution in [-0.4, -0.2) is 9.97 Å². The standard InChI is InChI=1S/C12H9N3O/c13-9-4-1-5-10-11(9)15-12(16-10)8-3-2-6-14-7-8/h1-7H,13H2. The summed E-state index contributed by atoms with van der Waals surface area (Å²) in [5.74, 6) is 0.543. The van der Waals surface area contributed by atoms with Gasteiger partial charge in [-0.15, -0.1) is 0 Å². The number of aromatic nitrogens is 2. The van der Waals surface area contributed by atoms with E-state index in [9.17, 15) is 0 Å². The van der Waals surface area contributed by atoms with Crippen LogP contribution in [0.2, 0.25) is 0 Å².